The molecule has 2 N–H and O–H groups in total. The molecule has 0 radical (unpaired) electrons. The van der Waals surface area contributed by atoms with E-state index >= 15 is 0 Å². The highest BCUT2D eigenvalue weighted by molar-refractivity contribution is 7.98. The SMILES string of the molecule is Cc1ccc(-c2nnc(CSc3nnc(-c4cc(O)cc(O)c4)n3-c3ccccc3Cl)o2)cc1-c1cc(-c2nnc(CSc3nnc(-c4ccncn4)n3-c3ccccc3Cl)o2)ccc1C. The van der Waals surface area contributed by atoms with Crippen LogP contribution in [0.15, 0.2) is 141 Å². The fraction of sp³-hybridized carbons (Fsp3) is 0.0870. The predicted molar refractivity (Wildman–Crippen MR) is 250 cm³/mol. The molecule has 20 heteroatoms. The Hall–Kier alpha value is -7.38. The number of aromatic hydroxyl groups is 2. The second kappa shape index (κ2) is 18.2. The van der Waals surface area contributed by atoms with Gasteiger partial charge in [-0.15, -0.1) is 40.8 Å². The van der Waals surface area contributed by atoms with Gasteiger partial charge < -0.3 is 19.0 Å². The van der Waals surface area contributed by atoms with Crippen molar-refractivity contribution in [3.05, 3.63) is 155 Å². The fourth-order valence-electron chi connectivity index (χ4n) is 7.13. The molecule has 0 saturated carbocycles. The number of phenolic OH excluding ortho intramolecular Hbond substituents is 2. The summed E-state index contributed by atoms with van der Waals surface area (Å²) in [5.41, 5.74) is 7.85. The number of rotatable bonds is 13. The summed E-state index contributed by atoms with van der Waals surface area (Å²) in [6.45, 7) is 4.09. The van der Waals surface area contributed by atoms with Gasteiger partial charge in [0.1, 0.15) is 23.5 Å². The van der Waals surface area contributed by atoms with Crippen LogP contribution in [-0.4, -0.2) is 70.1 Å². The van der Waals surface area contributed by atoms with Gasteiger partial charge in [-0.05, 0) is 103 Å². The Morgan fingerprint density at radius 3 is 1.58 bits per heavy atom. The van der Waals surface area contributed by atoms with Crippen LogP contribution in [0.4, 0.5) is 0 Å². The zero-order valence-electron chi connectivity index (χ0n) is 34.6. The maximum absolute atomic E-state index is 10.2. The van der Waals surface area contributed by atoms with Gasteiger partial charge in [0.25, 0.3) is 0 Å². The van der Waals surface area contributed by atoms with Crippen LogP contribution in [0.1, 0.15) is 22.9 Å². The molecule has 0 fully saturated rings. The normalized spacial score (nSPS) is 11.4. The number of nitrogens with zero attached hydrogens (tertiary/aromatic N) is 12. The molecule has 16 nitrogen and oxygen atoms in total. The van der Waals surface area contributed by atoms with E-state index in [9.17, 15) is 10.2 Å². The molecule has 0 aliphatic heterocycles. The van der Waals surface area contributed by atoms with Crippen molar-refractivity contribution < 1.29 is 19.0 Å². The largest absolute Gasteiger partial charge is 0.508 e. The first kappa shape index (κ1) is 42.6. The zero-order valence-corrected chi connectivity index (χ0v) is 37.8. The average Bonchev–Trinajstić information content (AvgIpc) is 4.16. The molecule has 5 aromatic carbocycles. The van der Waals surface area contributed by atoms with Crippen LogP contribution in [0.2, 0.25) is 10.0 Å². The number of benzene rings is 5. The highest BCUT2D eigenvalue weighted by Gasteiger charge is 2.23. The van der Waals surface area contributed by atoms with Gasteiger partial charge in [0.05, 0.1) is 32.9 Å². The standard InChI is InChI=1S/C46H32Cl2N12O4S2/c1-25-11-13-27(43-55-51-39(63-43)22-65-45-57-53-41(29-17-30(61)21-31(62)18-29)59(45)37-9-5-3-7-34(37)47)19-32(25)33-20-28(14-12-26(33)2)44-56-52-40(64-44)23-66-46-58-54-42(36-15-16-49-24-50-36)60(46)38-10-6-4-8-35(38)48/h3-21,24,61-62H,22-23H2,1-2H3. The van der Waals surface area contributed by atoms with E-state index < -0.39 is 0 Å². The molecule has 326 valence electrons. The summed E-state index contributed by atoms with van der Waals surface area (Å²) in [5, 5.41) is 57.7. The maximum Gasteiger partial charge on any atom is 0.247 e. The summed E-state index contributed by atoms with van der Waals surface area (Å²) < 4.78 is 16.0. The minimum absolute atomic E-state index is 0.120. The lowest BCUT2D eigenvalue weighted by molar-refractivity contribution is 0.451. The molecule has 10 rings (SSSR count). The number of thioether (sulfide) groups is 2. The Morgan fingerprint density at radius 2 is 1.06 bits per heavy atom. The van der Waals surface area contributed by atoms with Crippen LogP contribution in [0.25, 0.3) is 68.3 Å². The van der Waals surface area contributed by atoms with E-state index in [-0.39, 0.29) is 17.3 Å². The van der Waals surface area contributed by atoms with Crippen molar-refractivity contribution in [2.24, 2.45) is 0 Å². The van der Waals surface area contributed by atoms with Crippen LogP contribution in [-0.2, 0) is 11.5 Å². The summed E-state index contributed by atoms with van der Waals surface area (Å²) in [7, 11) is 0. The van der Waals surface area contributed by atoms with Crippen molar-refractivity contribution in [3.8, 4) is 79.8 Å². The number of aromatic nitrogens is 12. The van der Waals surface area contributed by atoms with E-state index in [4.69, 9.17) is 32.0 Å². The molecule has 66 heavy (non-hydrogen) atoms. The third-order valence-corrected chi connectivity index (χ3v) is 12.7. The Bertz CT molecular complexity index is 3370. The molecule has 0 saturated heterocycles. The number of aryl methyl sites for hydroxylation is 2. The topological polar surface area (TPSA) is 205 Å². The van der Waals surface area contributed by atoms with Gasteiger partial charge in [-0.1, -0.05) is 83.1 Å². The van der Waals surface area contributed by atoms with E-state index in [2.05, 4.69) is 50.8 Å². The highest BCUT2D eigenvalue weighted by Crippen LogP contribution is 2.38. The van der Waals surface area contributed by atoms with Gasteiger partial charge in [-0.25, -0.2) is 9.97 Å². The lowest BCUT2D eigenvalue weighted by Gasteiger charge is -2.12. The Morgan fingerprint density at radius 1 is 0.545 bits per heavy atom. The predicted octanol–water partition coefficient (Wildman–Crippen LogP) is 10.7. The molecule has 0 aliphatic rings. The zero-order chi connectivity index (χ0) is 45.3. The average molecular weight is 952 g/mol. The van der Waals surface area contributed by atoms with Crippen molar-refractivity contribution in [3.63, 3.8) is 0 Å². The summed E-state index contributed by atoms with van der Waals surface area (Å²) in [5.74, 6) is 2.70. The lowest BCUT2D eigenvalue weighted by atomic mass is 9.93. The van der Waals surface area contributed by atoms with E-state index in [1.54, 1.807) is 29.0 Å². The molecule has 0 amide bonds. The number of phenols is 2. The molecule has 0 unspecified atom stereocenters. The van der Waals surface area contributed by atoms with Crippen LogP contribution < -0.4 is 0 Å². The van der Waals surface area contributed by atoms with E-state index in [1.165, 1.54) is 48.1 Å². The van der Waals surface area contributed by atoms with Crippen molar-refractivity contribution >= 4 is 46.7 Å². The molecular formula is C46H32Cl2N12O4S2. The van der Waals surface area contributed by atoms with Gasteiger partial charge in [0, 0.05) is 29.0 Å². The van der Waals surface area contributed by atoms with Crippen LogP contribution in [0.3, 0.4) is 0 Å². The second-order valence-electron chi connectivity index (χ2n) is 14.7. The molecule has 10 aromatic rings. The third kappa shape index (κ3) is 8.61. The molecule has 5 aromatic heterocycles. The summed E-state index contributed by atoms with van der Waals surface area (Å²) in [4.78, 5) is 8.41. The van der Waals surface area contributed by atoms with Gasteiger partial charge in [-0.2, -0.15) is 0 Å². The summed E-state index contributed by atoms with van der Waals surface area (Å²) >= 11 is 16.0. The monoisotopic (exact) mass is 950 g/mol. The molecule has 0 bridgehead atoms. The number of hydrogen-bond acceptors (Lipinski definition) is 16. The van der Waals surface area contributed by atoms with Crippen LogP contribution in [0, 0.1) is 13.8 Å². The second-order valence-corrected chi connectivity index (χ2v) is 17.4. The molecule has 0 aliphatic carbocycles. The van der Waals surface area contributed by atoms with Gasteiger partial charge in [-0.3, -0.25) is 9.13 Å². The maximum atomic E-state index is 10.2. The lowest BCUT2D eigenvalue weighted by Crippen LogP contribution is -2.01. The first-order valence-corrected chi connectivity index (χ1v) is 22.7. The van der Waals surface area contributed by atoms with E-state index in [0.29, 0.717) is 84.0 Å². The highest BCUT2D eigenvalue weighted by atomic mass is 35.5. The van der Waals surface area contributed by atoms with Crippen molar-refractivity contribution in [2.75, 3.05) is 0 Å². The molecular weight excluding hydrogens is 920 g/mol. The summed E-state index contributed by atoms with van der Waals surface area (Å²) in [6.07, 6.45) is 3.10. The van der Waals surface area contributed by atoms with Gasteiger partial charge in [0.2, 0.25) is 23.6 Å². The molecule has 0 spiro atoms. The minimum Gasteiger partial charge on any atom is -0.508 e. The first-order valence-electron chi connectivity index (χ1n) is 20.0. The smallest absolute Gasteiger partial charge is 0.247 e. The first-order chi connectivity index (χ1) is 32.2. The van der Waals surface area contributed by atoms with Gasteiger partial charge in [0.15, 0.2) is 22.0 Å². The van der Waals surface area contributed by atoms with E-state index in [1.807, 2.05) is 91.2 Å². The molecule has 0 atom stereocenters. The van der Waals surface area contributed by atoms with Crippen LogP contribution >= 0.6 is 46.7 Å². The quantitative estimate of drug-likeness (QED) is 0.103. The summed E-state index contributed by atoms with van der Waals surface area (Å²) in [6, 6.07) is 32.7. The third-order valence-electron chi connectivity index (χ3n) is 10.3. The van der Waals surface area contributed by atoms with Crippen LogP contribution in [0.5, 0.6) is 11.5 Å². The van der Waals surface area contributed by atoms with Crippen molar-refractivity contribution in [2.45, 2.75) is 35.7 Å². The van der Waals surface area contributed by atoms with Crippen molar-refractivity contribution in [1.82, 2.24) is 59.9 Å². The fourth-order valence-corrected chi connectivity index (χ4v) is 9.13. The Balaban J connectivity index is 0.874. The number of para-hydroxylation sites is 2. The Labute approximate surface area is 393 Å². The van der Waals surface area contributed by atoms with Crippen molar-refractivity contribution in [1.29, 1.82) is 0 Å². The minimum atomic E-state index is -0.120. The van der Waals surface area contributed by atoms with E-state index in [0.717, 1.165) is 33.4 Å². The van der Waals surface area contributed by atoms with Gasteiger partial charge >= 0.3 is 0 Å². The number of halogens is 2. The Kier molecular flexibility index (Phi) is 11.8. The number of hydrogen-bond donors (Lipinski definition) is 2. The molecule has 5 heterocycles.